The van der Waals surface area contributed by atoms with E-state index in [1.54, 1.807) is 0 Å². The maximum absolute atomic E-state index is 12.4. The minimum absolute atomic E-state index is 0.0347. The zero-order valence-electron chi connectivity index (χ0n) is 12.2. The minimum atomic E-state index is 0.0347. The predicted octanol–water partition coefficient (Wildman–Crippen LogP) is 2.63. The highest BCUT2D eigenvalue weighted by Crippen LogP contribution is 2.31. The third-order valence-corrected chi connectivity index (χ3v) is 3.71. The second-order valence-electron chi connectivity index (χ2n) is 5.15. The molecule has 1 aromatic carbocycles. The molecule has 0 aromatic heterocycles. The molecule has 1 aliphatic rings. The highest BCUT2D eigenvalue weighted by atomic mass is 16.5. The number of nitrogens with two attached hydrogens (primary N) is 1. The molecule has 1 aliphatic heterocycles. The summed E-state index contributed by atoms with van der Waals surface area (Å²) in [5, 5.41) is 0. The molecule has 0 radical (unpaired) electrons. The van der Waals surface area contributed by atoms with Gasteiger partial charge in [0.1, 0.15) is 0 Å². The quantitative estimate of drug-likeness (QED) is 0.841. The van der Waals surface area contributed by atoms with Crippen molar-refractivity contribution in [2.45, 2.75) is 38.6 Å². The number of amides is 1. The number of anilines is 1. The fourth-order valence-electron chi connectivity index (χ4n) is 2.66. The fraction of sp³-hybridized carbons (Fsp3) is 0.562. The first-order valence-corrected chi connectivity index (χ1v) is 7.46. The molecule has 20 heavy (non-hydrogen) atoms. The lowest BCUT2D eigenvalue weighted by molar-refractivity contribution is -0.119. The van der Waals surface area contributed by atoms with E-state index in [4.69, 9.17) is 10.5 Å². The van der Waals surface area contributed by atoms with E-state index in [0.717, 1.165) is 37.1 Å². The molecule has 0 spiro atoms. The van der Waals surface area contributed by atoms with Gasteiger partial charge in [-0.2, -0.15) is 0 Å². The molecule has 1 atom stereocenters. The third-order valence-electron chi connectivity index (χ3n) is 3.71. The predicted molar refractivity (Wildman–Crippen MR) is 80.7 cm³/mol. The van der Waals surface area contributed by atoms with Gasteiger partial charge >= 0.3 is 0 Å². The standard InChI is InChI=1S/C16H24N2O2/c1-2-20-12-6-10-16(19)18-11-5-8-14(17)13-7-3-4-9-15(13)18/h3-4,7,9,14H,2,5-6,8,10-12,17H2,1H3. The average Bonchev–Trinajstić information content (AvgIpc) is 2.63. The normalized spacial score (nSPS) is 18.5. The number of para-hydroxylation sites is 1. The molecule has 1 unspecified atom stereocenters. The lowest BCUT2D eigenvalue weighted by Crippen LogP contribution is -2.31. The summed E-state index contributed by atoms with van der Waals surface area (Å²) >= 11 is 0. The van der Waals surface area contributed by atoms with Gasteiger partial charge in [0.25, 0.3) is 0 Å². The van der Waals surface area contributed by atoms with Crippen molar-refractivity contribution in [3.8, 4) is 0 Å². The van der Waals surface area contributed by atoms with E-state index in [-0.39, 0.29) is 11.9 Å². The first-order chi connectivity index (χ1) is 9.74. The number of hydrogen-bond acceptors (Lipinski definition) is 3. The van der Waals surface area contributed by atoms with E-state index in [1.165, 1.54) is 0 Å². The number of ether oxygens (including phenoxy) is 1. The molecule has 0 bridgehead atoms. The Balaban J connectivity index is 2.07. The van der Waals surface area contributed by atoms with Crippen molar-refractivity contribution in [2.75, 3.05) is 24.7 Å². The topological polar surface area (TPSA) is 55.6 Å². The summed E-state index contributed by atoms with van der Waals surface area (Å²) < 4.78 is 5.29. The molecule has 0 aliphatic carbocycles. The van der Waals surface area contributed by atoms with Gasteiger partial charge in [-0.05, 0) is 37.8 Å². The average molecular weight is 276 g/mol. The van der Waals surface area contributed by atoms with Crippen molar-refractivity contribution < 1.29 is 9.53 Å². The molecule has 1 aromatic rings. The van der Waals surface area contributed by atoms with Crippen molar-refractivity contribution in [1.29, 1.82) is 0 Å². The largest absolute Gasteiger partial charge is 0.382 e. The lowest BCUT2D eigenvalue weighted by Gasteiger charge is -2.23. The van der Waals surface area contributed by atoms with E-state index in [9.17, 15) is 4.79 Å². The van der Waals surface area contributed by atoms with Gasteiger partial charge in [0.05, 0.1) is 0 Å². The Bertz CT molecular complexity index is 448. The fourth-order valence-corrected chi connectivity index (χ4v) is 2.66. The van der Waals surface area contributed by atoms with E-state index < -0.39 is 0 Å². The Morgan fingerprint density at radius 1 is 1.45 bits per heavy atom. The van der Waals surface area contributed by atoms with Crippen LogP contribution in [-0.2, 0) is 9.53 Å². The number of hydrogen-bond donors (Lipinski definition) is 1. The zero-order valence-corrected chi connectivity index (χ0v) is 12.2. The van der Waals surface area contributed by atoms with E-state index >= 15 is 0 Å². The summed E-state index contributed by atoms with van der Waals surface area (Å²) in [6.45, 7) is 4.08. The Morgan fingerprint density at radius 3 is 3.05 bits per heavy atom. The van der Waals surface area contributed by atoms with Crippen molar-refractivity contribution in [1.82, 2.24) is 0 Å². The first-order valence-electron chi connectivity index (χ1n) is 7.46. The Hall–Kier alpha value is -1.39. The van der Waals surface area contributed by atoms with Crippen LogP contribution in [0, 0.1) is 0 Å². The minimum Gasteiger partial charge on any atom is -0.382 e. The summed E-state index contributed by atoms with van der Waals surface area (Å²) in [4.78, 5) is 14.3. The molecule has 110 valence electrons. The van der Waals surface area contributed by atoms with Gasteiger partial charge in [-0.15, -0.1) is 0 Å². The van der Waals surface area contributed by atoms with Crippen molar-refractivity contribution in [2.24, 2.45) is 5.73 Å². The van der Waals surface area contributed by atoms with Crippen molar-refractivity contribution >= 4 is 11.6 Å². The number of carbonyl (C=O) groups excluding carboxylic acids is 1. The van der Waals surface area contributed by atoms with Gasteiger partial charge in [0.15, 0.2) is 0 Å². The molecule has 2 rings (SSSR count). The van der Waals surface area contributed by atoms with Crippen molar-refractivity contribution in [3.05, 3.63) is 29.8 Å². The molecule has 1 amide bonds. The molecular weight excluding hydrogens is 252 g/mol. The molecule has 4 heteroatoms. The van der Waals surface area contributed by atoms with Crippen LogP contribution in [0.3, 0.4) is 0 Å². The Labute approximate surface area is 120 Å². The molecule has 0 saturated carbocycles. The monoisotopic (exact) mass is 276 g/mol. The maximum atomic E-state index is 12.4. The number of benzene rings is 1. The second-order valence-corrected chi connectivity index (χ2v) is 5.15. The van der Waals surface area contributed by atoms with Gasteiger partial charge in [-0.25, -0.2) is 0 Å². The van der Waals surface area contributed by atoms with Crippen LogP contribution in [0.2, 0.25) is 0 Å². The van der Waals surface area contributed by atoms with E-state index in [1.807, 2.05) is 36.1 Å². The number of carbonyl (C=O) groups is 1. The summed E-state index contributed by atoms with van der Waals surface area (Å²) in [5.74, 6) is 0.172. The van der Waals surface area contributed by atoms with Crippen molar-refractivity contribution in [3.63, 3.8) is 0 Å². The molecule has 2 N–H and O–H groups in total. The number of rotatable bonds is 5. The molecule has 0 fully saturated rings. The maximum Gasteiger partial charge on any atom is 0.227 e. The highest BCUT2D eigenvalue weighted by Gasteiger charge is 2.23. The van der Waals surface area contributed by atoms with E-state index in [2.05, 4.69) is 0 Å². The van der Waals surface area contributed by atoms with Crippen LogP contribution >= 0.6 is 0 Å². The van der Waals surface area contributed by atoms with E-state index in [0.29, 0.717) is 19.6 Å². The molecule has 4 nitrogen and oxygen atoms in total. The number of nitrogens with zero attached hydrogens (tertiary/aromatic N) is 1. The zero-order chi connectivity index (χ0) is 14.4. The lowest BCUT2D eigenvalue weighted by atomic mass is 10.0. The third kappa shape index (κ3) is 3.58. The van der Waals surface area contributed by atoms with Gasteiger partial charge in [-0.1, -0.05) is 18.2 Å². The van der Waals surface area contributed by atoms with Crippen LogP contribution in [0.5, 0.6) is 0 Å². The van der Waals surface area contributed by atoms with Crippen LogP contribution in [0.4, 0.5) is 5.69 Å². The second kappa shape index (κ2) is 7.41. The van der Waals surface area contributed by atoms with Crippen LogP contribution in [0.25, 0.3) is 0 Å². The molecular formula is C16H24N2O2. The van der Waals surface area contributed by atoms with Crippen LogP contribution < -0.4 is 10.6 Å². The van der Waals surface area contributed by atoms with Crippen LogP contribution in [-0.4, -0.2) is 25.7 Å². The number of fused-ring (bicyclic) bond motifs is 1. The Kier molecular flexibility index (Phi) is 5.56. The first kappa shape index (κ1) is 15.0. The summed E-state index contributed by atoms with van der Waals surface area (Å²) in [7, 11) is 0. The van der Waals surface area contributed by atoms with Crippen LogP contribution in [0.1, 0.15) is 44.2 Å². The van der Waals surface area contributed by atoms with Gasteiger partial charge in [0.2, 0.25) is 5.91 Å². The van der Waals surface area contributed by atoms with Gasteiger partial charge in [0, 0.05) is 37.9 Å². The Morgan fingerprint density at radius 2 is 2.25 bits per heavy atom. The SMILES string of the molecule is CCOCCCC(=O)N1CCCC(N)c2ccccc21. The molecule has 0 saturated heterocycles. The summed E-state index contributed by atoms with van der Waals surface area (Å²) in [6, 6.07) is 8.03. The summed E-state index contributed by atoms with van der Waals surface area (Å²) in [5.41, 5.74) is 8.26. The highest BCUT2D eigenvalue weighted by molar-refractivity contribution is 5.94. The van der Waals surface area contributed by atoms with Gasteiger partial charge in [-0.3, -0.25) is 4.79 Å². The van der Waals surface area contributed by atoms with Gasteiger partial charge < -0.3 is 15.4 Å². The smallest absolute Gasteiger partial charge is 0.227 e. The van der Waals surface area contributed by atoms with Crippen LogP contribution in [0.15, 0.2) is 24.3 Å². The molecule has 1 heterocycles. The summed E-state index contributed by atoms with van der Waals surface area (Å²) in [6.07, 6.45) is 3.19.